The zero-order valence-corrected chi connectivity index (χ0v) is 13.2. The first-order valence-corrected chi connectivity index (χ1v) is 7.82. The van der Waals surface area contributed by atoms with Crippen LogP contribution in [0.4, 0.5) is 4.79 Å². The van der Waals surface area contributed by atoms with Crippen molar-refractivity contribution >= 4 is 12.0 Å². The van der Waals surface area contributed by atoms with E-state index < -0.39 is 6.09 Å². The predicted molar refractivity (Wildman–Crippen MR) is 84.2 cm³/mol. The van der Waals surface area contributed by atoms with Crippen molar-refractivity contribution in [2.24, 2.45) is 5.92 Å². The van der Waals surface area contributed by atoms with Crippen LogP contribution in [0, 0.1) is 5.92 Å². The van der Waals surface area contributed by atoms with Crippen LogP contribution in [-0.2, 0) is 16.1 Å². The highest BCUT2D eigenvalue weighted by atomic mass is 16.5. The fourth-order valence-electron chi connectivity index (χ4n) is 2.68. The molecule has 1 aliphatic carbocycles. The lowest BCUT2D eigenvalue weighted by atomic mass is 10.1. The van der Waals surface area contributed by atoms with Crippen molar-refractivity contribution < 1.29 is 14.3 Å². The molecule has 0 aliphatic heterocycles. The van der Waals surface area contributed by atoms with E-state index in [2.05, 4.69) is 10.6 Å². The van der Waals surface area contributed by atoms with Crippen molar-refractivity contribution in [1.29, 1.82) is 0 Å². The molecular formula is C17H24N2O3. The smallest absolute Gasteiger partial charge is 0.407 e. The Hall–Kier alpha value is -2.04. The molecule has 1 aromatic rings. The van der Waals surface area contributed by atoms with Crippen molar-refractivity contribution in [3.63, 3.8) is 0 Å². The standard InChI is InChI=1S/C17H24N2O3/c1-12(2)18-16(20)14-8-9-15(10-14)19-17(21)22-11-13-6-4-3-5-7-13/h3-7,12,14-15H,8-11H2,1-2H3,(H,18,20)(H,19,21). The second-order valence-corrected chi connectivity index (χ2v) is 6.08. The summed E-state index contributed by atoms with van der Waals surface area (Å²) in [5.74, 6) is 0.0683. The maximum Gasteiger partial charge on any atom is 0.407 e. The molecule has 2 unspecified atom stereocenters. The first-order chi connectivity index (χ1) is 10.5. The molecule has 2 amide bonds. The number of benzene rings is 1. The van der Waals surface area contributed by atoms with E-state index in [4.69, 9.17) is 4.74 Å². The van der Waals surface area contributed by atoms with Gasteiger partial charge >= 0.3 is 6.09 Å². The lowest BCUT2D eigenvalue weighted by Crippen LogP contribution is -2.37. The van der Waals surface area contributed by atoms with Crippen LogP contribution in [0.15, 0.2) is 30.3 Å². The topological polar surface area (TPSA) is 67.4 Å². The first-order valence-electron chi connectivity index (χ1n) is 7.82. The van der Waals surface area contributed by atoms with E-state index in [1.807, 2.05) is 44.2 Å². The van der Waals surface area contributed by atoms with Gasteiger partial charge in [0.25, 0.3) is 0 Å². The van der Waals surface area contributed by atoms with Gasteiger partial charge in [0.15, 0.2) is 0 Å². The molecule has 1 aliphatic rings. The van der Waals surface area contributed by atoms with E-state index in [0.717, 1.165) is 18.4 Å². The van der Waals surface area contributed by atoms with Gasteiger partial charge in [0.2, 0.25) is 5.91 Å². The summed E-state index contributed by atoms with van der Waals surface area (Å²) in [6, 6.07) is 9.73. The summed E-state index contributed by atoms with van der Waals surface area (Å²) < 4.78 is 5.20. The molecule has 0 heterocycles. The first kappa shape index (κ1) is 16.3. The van der Waals surface area contributed by atoms with Gasteiger partial charge in [-0.15, -0.1) is 0 Å². The Morgan fingerprint density at radius 3 is 2.64 bits per heavy atom. The number of ether oxygens (including phenoxy) is 1. The highest BCUT2D eigenvalue weighted by Gasteiger charge is 2.31. The van der Waals surface area contributed by atoms with Gasteiger partial charge in [0.05, 0.1) is 0 Å². The maximum absolute atomic E-state index is 11.9. The van der Waals surface area contributed by atoms with Gasteiger partial charge < -0.3 is 15.4 Å². The van der Waals surface area contributed by atoms with Crippen LogP contribution in [0.3, 0.4) is 0 Å². The van der Waals surface area contributed by atoms with Gasteiger partial charge in [0.1, 0.15) is 6.61 Å². The van der Waals surface area contributed by atoms with Crippen LogP contribution in [0.2, 0.25) is 0 Å². The third-order valence-electron chi connectivity index (χ3n) is 3.77. The minimum absolute atomic E-state index is 0.0122. The molecule has 1 saturated carbocycles. The number of nitrogens with one attached hydrogen (secondary N) is 2. The third kappa shape index (κ3) is 5.06. The Bertz CT molecular complexity index is 502. The summed E-state index contributed by atoms with van der Waals surface area (Å²) in [4.78, 5) is 23.7. The lowest BCUT2D eigenvalue weighted by Gasteiger charge is -2.15. The van der Waals surface area contributed by atoms with Gasteiger partial charge in [-0.2, -0.15) is 0 Å². The molecule has 5 heteroatoms. The summed E-state index contributed by atoms with van der Waals surface area (Å²) in [5, 5.41) is 5.77. The molecule has 0 radical (unpaired) electrons. The van der Waals surface area contributed by atoms with E-state index in [1.165, 1.54) is 0 Å². The Labute approximate surface area is 131 Å². The average Bonchev–Trinajstić information content (AvgIpc) is 2.94. The average molecular weight is 304 g/mol. The summed E-state index contributed by atoms with van der Waals surface area (Å²) in [6.45, 7) is 4.16. The van der Waals surface area contributed by atoms with Crippen LogP contribution < -0.4 is 10.6 Å². The molecule has 2 atom stereocenters. The van der Waals surface area contributed by atoms with E-state index in [9.17, 15) is 9.59 Å². The quantitative estimate of drug-likeness (QED) is 0.878. The Kier molecular flexibility index (Phi) is 5.81. The summed E-state index contributed by atoms with van der Waals surface area (Å²) in [5.41, 5.74) is 0.957. The lowest BCUT2D eigenvalue weighted by molar-refractivity contribution is -0.125. The molecule has 22 heavy (non-hydrogen) atoms. The SMILES string of the molecule is CC(C)NC(=O)C1CCC(NC(=O)OCc2ccccc2)C1. The molecule has 0 spiro atoms. The fraction of sp³-hybridized carbons (Fsp3) is 0.529. The van der Waals surface area contributed by atoms with Crippen LogP contribution >= 0.6 is 0 Å². The molecular weight excluding hydrogens is 280 g/mol. The van der Waals surface area contributed by atoms with Crippen molar-refractivity contribution in [3.05, 3.63) is 35.9 Å². The monoisotopic (exact) mass is 304 g/mol. The van der Waals surface area contributed by atoms with Crippen LogP contribution in [0.25, 0.3) is 0 Å². The normalized spacial score (nSPS) is 20.7. The molecule has 0 aromatic heterocycles. The Balaban J connectivity index is 1.71. The second-order valence-electron chi connectivity index (χ2n) is 6.08. The van der Waals surface area contributed by atoms with E-state index >= 15 is 0 Å². The number of alkyl carbamates (subject to hydrolysis) is 1. The second kappa shape index (κ2) is 7.82. The van der Waals surface area contributed by atoms with Crippen LogP contribution in [0.5, 0.6) is 0 Å². The van der Waals surface area contributed by atoms with Crippen molar-refractivity contribution in [2.75, 3.05) is 0 Å². The predicted octanol–water partition coefficient (Wildman–Crippen LogP) is 2.61. The molecule has 5 nitrogen and oxygen atoms in total. The summed E-state index contributed by atoms with van der Waals surface area (Å²) in [7, 11) is 0. The highest BCUT2D eigenvalue weighted by Crippen LogP contribution is 2.26. The molecule has 2 N–H and O–H groups in total. The minimum atomic E-state index is -0.418. The Morgan fingerprint density at radius 1 is 1.23 bits per heavy atom. The zero-order chi connectivity index (χ0) is 15.9. The molecule has 1 fully saturated rings. The van der Waals surface area contributed by atoms with Gasteiger partial charge in [-0.3, -0.25) is 4.79 Å². The molecule has 120 valence electrons. The van der Waals surface area contributed by atoms with Crippen molar-refractivity contribution in [1.82, 2.24) is 10.6 Å². The van der Waals surface area contributed by atoms with Gasteiger partial charge in [-0.05, 0) is 38.7 Å². The number of hydrogen-bond donors (Lipinski definition) is 2. The maximum atomic E-state index is 11.9. The van der Waals surface area contributed by atoms with E-state index in [1.54, 1.807) is 0 Å². The number of carbonyl (C=O) groups is 2. The van der Waals surface area contributed by atoms with E-state index in [-0.39, 0.29) is 30.5 Å². The van der Waals surface area contributed by atoms with Gasteiger partial charge in [-0.25, -0.2) is 4.79 Å². The number of rotatable bonds is 5. The molecule has 1 aromatic carbocycles. The number of carbonyl (C=O) groups excluding carboxylic acids is 2. The molecule has 0 saturated heterocycles. The van der Waals surface area contributed by atoms with Crippen molar-refractivity contribution in [3.8, 4) is 0 Å². The van der Waals surface area contributed by atoms with Gasteiger partial charge in [0, 0.05) is 18.0 Å². The summed E-state index contributed by atoms with van der Waals surface area (Å²) >= 11 is 0. The number of amides is 2. The van der Waals surface area contributed by atoms with Crippen LogP contribution in [0.1, 0.15) is 38.7 Å². The minimum Gasteiger partial charge on any atom is -0.445 e. The third-order valence-corrected chi connectivity index (χ3v) is 3.77. The summed E-state index contributed by atoms with van der Waals surface area (Å²) in [6.07, 6.45) is 1.89. The zero-order valence-electron chi connectivity index (χ0n) is 13.2. The van der Waals surface area contributed by atoms with Gasteiger partial charge in [-0.1, -0.05) is 30.3 Å². The molecule has 2 rings (SSSR count). The van der Waals surface area contributed by atoms with Crippen LogP contribution in [-0.4, -0.2) is 24.1 Å². The fourth-order valence-corrected chi connectivity index (χ4v) is 2.68. The van der Waals surface area contributed by atoms with Crippen molar-refractivity contribution in [2.45, 2.75) is 51.8 Å². The molecule has 0 bridgehead atoms. The number of hydrogen-bond acceptors (Lipinski definition) is 3. The highest BCUT2D eigenvalue weighted by molar-refractivity contribution is 5.79. The largest absolute Gasteiger partial charge is 0.445 e. The Morgan fingerprint density at radius 2 is 1.95 bits per heavy atom. The van der Waals surface area contributed by atoms with E-state index in [0.29, 0.717) is 6.42 Å².